The lowest BCUT2D eigenvalue weighted by Gasteiger charge is -2.10. The van der Waals surface area contributed by atoms with Crippen molar-refractivity contribution in [3.63, 3.8) is 0 Å². The van der Waals surface area contributed by atoms with Crippen LogP contribution in [0.3, 0.4) is 0 Å². The summed E-state index contributed by atoms with van der Waals surface area (Å²) in [4.78, 5) is 19.9. The standard InChI is InChI=1S/C13H21N5OS.HI/c1-3-15-13(16-7-8-20-2)17-10-12(19)18-11-5-4-6-14-9-11;/h4-6,9H,3,7-8,10H2,1-2H3,(H,18,19)(H2,15,16,17);1H. The van der Waals surface area contributed by atoms with Crippen LogP contribution in [-0.4, -0.2) is 48.5 Å². The van der Waals surface area contributed by atoms with Gasteiger partial charge in [0.25, 0.3) is 0 Å². The Balaban J connectivity index is 0.00000400. The van der Waals surface area contributed by atoms with Crippen LogP contribution in [0.25, 0.3) is 0 Å². The van der Waals surface area contributed by atoms with Gasteiger partial charge in [0.2, 0.25) is 5.91 Å². The number of aliphatic imine (C=N–C) groups is 1. The number of nitrogens with one attached hydrogen (secondary N) is 3. The maximum Gasteiger partial charge on any atom is 0.246 e. The number of aromatic nitrogens is 1. The van der Waals surface area contributed by atoms with Crippen molar-refractivity contribution in [1.82, 2.24) is 15.6 Å². The summed E-state index contributed by atoms with van der Waals surface area (Å²) >= 11 is 1.76. The van der Waals surface area contributed by atoms with Crippen molar-refractivity contribution in [2.24, 2.45) is 4.99 Å². The van der Waals surface area contributed by atoms with Crippen LogP contribution < -0.4 is 16.0 Å². The zero-order valence-corrected chi connectivity index (χ0v) is 15.4. The van der Waals surface area contributed by atoms with Crippen molar-refractivity contribution in [3.05, 3.63) is 24.5 Å². The summed E-state index contributed by atoms with van der Waals surface area (Å²) in [6.07, 6.45) is 5.31. The van der Waals surface area contributed by atoms with Crippen LogP contribution in [0.2, 0.25) is 0 Å². The van der Waals surface area contributed by atoms with E-state index in [1.165, 1.54) is 0 Å². The van der Waals surface area contributed by atoms with Crippen LogP contribution in [0.15, 0.2) is 29.5 Å². The number of anilines is 1. The molecule has 118 valence electrons. The molecule has 0 aliphatic rings. The molecule has 1 heterocycles. The van der Waals surface area contributed by atoms with E-state index in [2.05, 4.69) is 25.9 Å². The summed E-state index contributed by atoms with van der Waals surface area (Å²) in [5.74, 6) is 1.48. The first-order valence-corrected chi connectivity index (χ1v) is 7.86. The van der Waals surface area contributed by atoms with Gasteiger partial charge in [0.15, 0.2) is 5.96 Å². The molecule has 21 heavy (non-hydrogen) atoms. The maximum atomic E-state index is 11.7. The van der Waals surface area contributed by atoms with E-state index in [0.717, 1.165) is 18.8 Å². The smallest absolute Gasteiger partial charge is 0.246 e. The summed E-state index contributed by atoms with van der Waals surface area (Å²) in [6, 6.07) is 3.56. The normalized spacial score (nSPS) is 10.5. The number of thioether (sulfide) groups is 1. The van der Waals surface area contributed by atoms with Crippen molar-refractivity contribution >= 4 is 53.3 Å². The molecule has 0 saturated heterocycles. The molecule has 0 aliphatic carbocycles. The largest absolute Gasteiger partial charge is 0.357 e. The Kier molecular flexibility index (Phi) is 12.1. The molecule has 6 nitrogen and oxygen atoms in total. The third-order valence-corrected chi connectivity index (χ3v) is 2.88. The minimum Gasteiger partial charge on any atom is -0.357 e. The van der Waals surface area contributed by atoms with E-state index in [1.807, 2.05) is 13.2 Å². The molecule has 0 bridgehead atoms. The molecular formula is C13H22IN5OS. The second-order valence-corrected chi connectivity index (χ2v) is 4.89. The molecular weight excluding hydrogens is 401 g/mol. The van der Waals surface area contributed by atoms with Gasteiger partial charge in [-0.3, -0.25) is 9.78 Å². The second-order valence-electron chi connectivity index (χ2n) is 3.90. The number of hydrogen-bond donors (Lipinski definition) is 3. The molecule has 1 aromatic rings. The highest BCUT2D eigenvalue weighted by Crippen LogP contribution is 2.01. The third kappa shape index (κ3) is 9.51. The van der Waals surface area contributed by atoms with Crippen LogP contribution in [0, 0.1) is 0 Å². The Morgan fingerprint density at radius 1 is 1.43 bits per heavy atom. The number of guanidine groups is 1. The van der Waals surface area contributed by atoms with Gasteiger partial charge in [-0.05, 0) is 25.3 Å². The Labute approximate surface area is 147 Å². The molecule has 0 aliphatic heterocycles. The van der Waals surface area contributed by atoms with Gasteiger partial charge in [-0.15, -0.1) is 24.0 Å². The first-order chi connectivity index (χ1) is 9.76. The van der Waals surface area contributed by atoms with Crippen molar-refractivity contribution in [3.8, 4) is 0 Å². The number of amides is 1. The molecule has 0 unspecified atom stereocenters. The molecule has 0 atom stereocenters. The summed E-state index contributed by atoms with van der Waals surface area (Å²) in [5.41, 5.74) is 0.674. The number of halogens is 1. The van der Waals surface area contributed by atoms with Gasteiger partial charge < -0.3 is 16.0 Å². The molecule has 0 radical (unpaired) electrons. The lowest BCUT2D eigenvalue weighted by molar-refractivity contribution is -0.114. The fraction of sp³-hybridized carbons (Fsp3) is 0.462. The monoisotopic (exact) mass is 423 g/mol. The summed E-state index contributed by atoms with van der Waals surface area (Å²) < 4.78 is 0. The molecule has 0 saturated carbocycles. The van der Waals surface area contributed by atoms with Crippen molar-refractivity contribution in [2.45, 2.75) is 6.92 Å². The van der Waals surface area contributed by atoms with Gasteiger partial charge in [0, 0.05) is 25.0 Å². The van der Waals surface area contributed by atoms with E-state index in [9.17, 15) is 4.79 Å². The van der Waals surface area contributed by atoms with Crippen molar-refractivity contribution in [1.29, 1.82) is 0 Å². The van der Waals surface area contributed by atoms with E-state index in [1.54, 1.807) is 36.3 Å². The molecule has 1 aromatic heterocycles. The van der Waals surface area contributed by atoms with E-state index < -0.39 is 0 Å². The predicted octanol–water partition coefficient (Wildman–Crippen LogP) is 1.56. The first-order valence-electron chi connectivity index (χ1n) is 6.47. The molecule has 0 spiro atoms. The number of pyridine rings is 1. The van der Waals surface area contributed by atoms with Crippen molar-refractivity contribution in [2.75, 3.05) is 37.0 Å². The average Bonchev–Trinajstić information content (AvgIpc) is 2.46. The SMILES string of the molecule is CCNC(=NCC(=O)Nc1cccnc1)NCCSC.I. The Morgan fingerprint density at radius 3 is 2.86 bits per heavy atom. The number of carbonyl (C=O) groups is 1. The Hall–Kier alpha value is -1.03. The van der Waals surface area contributed by atoms with E-state index in [-0.39, 0.29) is 36.4 Å². The Morgan fingerprint density at radius 2 is 2.24 bits per heavy atom. The molecule has 0 aromatic carbocycles. The first kappa shape index (κ1) is 20.0. The van der Waals surface area contributed by atoms with Crippen LogP contribution in [0.5, 0.6) is 0 Å². The summed E-state index contributed by atoms with van der Waals surface area (Å²) in [6.45, 7) is 3.64. The number of rotatable bonds is 7. The van der Waals surface area contributed by atoms with Crippen LogP contribution in [-0.2, 0) is 4.79 Å². The zero-order valence-electron chi connectivity index (χ0n) is 12.3. The lowest BCUT2D eigenvalue weighted by Crippen LogP contribution is -2.39. The van der Waals surface area contributed by atoms with Crippen molar-refractivity contribution < 1.29 is 4.79 Å². The predicted molar refractivity (Wildman–Crippen MR) is 101 cm³/mol. The average molecular weight is 423 g/mol. The molecule has 1 amide bonds. The minimum absolute atomic E-state index is 0. The van der Waals surface area contributed by atoms with Gasteiger partial charge in [-0.2, -0.15) is 11.8 Å². The number of hydrogen-bond acceptors (Lipinski definition) is 4. The second kappa shape index (κ2) is 12.7. The maximum absolute atomic E-state index is 11.7. The zero-order chi connectivity index (χ0) is 14.6. The minimum atomic E-state index is -0.167. The Bertz CT molecular complexity index is 430. The van der Waals surface area contributed by atoms with Gasteiger partial charge in [0.05, 0.1) is 11.9 Å². The van der Waals surface area contributed by atoms with Gasteiger partial charge in [0.1, 0.15) is 6.54 Å². The van der Waals surface area contributed by atoms with Gasteiger partial charge in [-0.1, -0.05) is 0 Å². The number of nitrogens with zero attached hydrogens (tertiary/aromatic N) is 2. The third-order valence-electron chi connectivity index (χ3n) is 2.27. The molecule has 1 rings (SSSR count). The van der Waals surface area contributed by atoms with Crippen LogP contribution >= 0.6 is 35.7 Å². The van der Waals surface area contributed by atoms with E-state index in [4.69, 9.17) is 0 Å². The van der Waals surface area contributed by atoms with Gasteiger partial charge in [-0.25, -0.2) is 4.99 Å². The fourth-order valence-electron chi connectivity index (χ4n) is 1.40. The highest BCUT2D eigenvalue weighted by Gasteiger charge is 2.02. The van der Waals surface area contributed by atoms with Gasteiger partial charge >= 0.3 is 0 Å². The van der Waals surface area contributed by atoms with Crippen LogP contribution in [0.4, 0.5) is 5.69 Å². The lowest BCUT2D eigenvalue weighted by atomic mass is 10.4. The molecule has 8 heteroatoms. The highest BCUT2D eigenvalue weighted by molar-refractivity contribution is 14.0. The number of carbonyl (C=O) groups excluding carboxylic acids is 1. The quantitative estimate of drug-likeness (QED) is 0.269. The topological polar surface area (TPSA) is 78.4 Å². The van der Waals surface area contributed by atoms with E-state index >= 15 is 0 Å². The fourth-order valence-corrected chi connectivity index (χ4v) is 1.71. The summed E-state index contributed by atoms with van der Waals surface area (Å²) in [5, 5.41) is 9.00. The van der Waals surface area contributed by atoms with E-state index in [0.29, 0.717) is 11.6 Å². The molecule has 3 N–H and O–H groups in total. The molecule has 0 fully saturated rings. The van der Waals surface area contributed by atoms with Crippen LogP contribution in [0.1, 0.15) is 6.92 Å². The summed E-state index contributed by atoms with van der Waals surface area (Å²) in [7, 11) is 0. The highest BCUT2D eigenvalue weighted by atomic mass is 127.